The Bertz CT molecular complexity index is 480. The van der Waals surface area contributed by atoms with Crippen LogP contribution in [0.5, 0.6) is 0 Å². The van der Waals surface area contributed by atoms with Gasteiger partial charge in [-0.2, -0.15) is 0 Å². The Labute approximate surface area is 133 Å². The van der Waals surface area contributed by atoms with E-state index in [-0.39, 0.29) is 12.3 Å². The van der Waals surface area contributed by atoms with Crippen LogP contribution in [0.25, 0.3) is 0 Å². The van der Waals surface area contributed by atoms with Crippen LogP contribution in [0.1, 0.15) is 49.5 Å². The lowest BCUT2D eigenvalue weighted by molar-refractivity contribution is -0.137. The highest BCUT2D eigenvalue weighted by Crippen LogP contribution is 2.17. The number of carbonyl (C=O) groups excluding carboxylic acids is 1. The molecule has 0 aliphatic heterocycles. The van der Waals surface area contributed by atoms with Gasteiger partial charge in [0.05, 0.1) is 0 Å². The topological polar surface area (TPSA) is 79.3 Å². The van der Waals surface area contributed by atoms with E-state index in [2.05, 4.69) is 33.2 Å². The first-order valence-electron chi connectivity index (χ1n) is 7.15. The summed E-state index contributed by atoms with van der Waals surface area (Å²) in [6, 6.07) is 3.53. The van der Waals surface area contributed by atoms with E-state index in [1.165, 1.54) is 0 Å². The molecule has 1 atom stereocenters. The second-order valence-electron chi connectivity index (χ2n) is 4.97. The molecule has 0 fully saturated rings. The molecule has 0 saturated carbocycles. The van der Waals surface area contributed by atoms with Crippen molar-refractivity contribution in [2.24, 2.45) is 5.92 Å². The standard InChI is InChI=1S/C15H21BrN2O3/c1-2-4-11(6-7-13(19)20)8-10-18-15(21)14-12(16)5-3-9-17-14/h3,5,9,11H,2,4,6-8,10H2,1H3,(H,18,21)(H,19,20). The highest BCUT2D eigenvalue weighted by atomic mass is 79.9. The number of carbonyl (C=O) groups is 2. The zero-order chi connectivity index (χ0) is 15.7. The lowest BCUT2D eigenvalue weighted by Crippen LogP contribution is -2.27. The number of hydrogen-bond acceptors (Lipinski definition) is 3. The number of halogens is 1. The fourth-order valence-electron chi connectivity index (χ4n) is 2.20. The van der Waals surface area contributed by atoms with Gasteiger partial charge in [0.1, 0.15) is 5.69 Å². The Kier molecular flexibility index (Phi) is 7.97. The van der Waals surface area contributed by atoms with Crippen molar-refractivity contribution in [1.82, 2.24) is 10.3 Å². The van der Waals surface area contributed by atoms with Crippen LogP contribution < -0.4 is 5.32 Å². The molecule has 0 spiro atoms. The molecular formula is C15H21BrN2O3. The Morgan fingerprint density at radius 2 is 2.14 bits per heavy atom. The number of nitrogens with zero attached hydrogens (tertiary/aromatic N) is 1. The summed E-state index contributed by atoms with van der Waals surface area (Å²) < 4.78 is 0.665. The minimum absolute atomic E-state index is 0.185. The van der Waals surface area contributed by atoms with Crippen molar-refractivity contribution in [3.05, 3.63) is 28.5 Å². The maximum Gasteiger partial charge on any atom is 0.303 e. The van der Waals surface area contributed by atoms with Gasteiger partial charge in [0, 0.05) is 23.6 Å². The van der Waals surface area contributed by atoms with E-state index in [9.17, 15) is 9.59 Å². The van der Waals surface area contributed by atoms with Crippen LogP contribution in [0.3, 0.4) is 0 Å². The number of hydrogen-bond donors (Lipinski definition) is 2. The zero-order valence-corrected chi connectivity index (χ0v) is 13.7. The van der Waals surface area contributed by atoms with Crippen LogP contribution in [0.2, 0.25) is 0 Å². The normalized spacial score (nSPS) is 11.9. The Morgan fingerprint density at radius 3 is 2.76 bits per heavy atom. The Balaban J connectivity index is 2.41. The largest absolute Gasteiger partial charge is 0.481 e. The van der Waals surface area contributed by atoms with Crippen LogP contribution >= 0.6 is 15.9 Å². The summed E-state index contributed by atoms with van der Waals surface area (Å²) in [5, 5.41) is 11.6. The van der Waals surface area contributed by atoms with E-state index in [0.717, 1.165) is 19.3 Å². The van der Waals surface area contributed by atoms with Gasteiger partial charge < -0.3 is 10.4 Å². The monoisotopic (exact) mass is 356 g/mol. The van der Waals surface area contributed by atoms with Crippen molar-refractivity contribution in [2.75, 3.05) is 6.54 Å². The van der Waals surface area contributed by atoms with Crippen LogP contribution in [0.4, 0.5) is 0 Å². The van der Waals surface area contributed by atoms with Crippen molar-refractivity contribution >= 4 is 27.8 Å². The second-order valence-corrected chi connectivity index (χ2v) is 5.82. The third kappa shape index (κ3) is 6.71. The highest BCUT2D eigenvalue weighted by molar-refractivity contribution is 9.10. The first-order chi connectivity index (χ1) is 10.0. The van der Waals surface area contributed by atoms with Gasteiger partial charge in [-0.15, -0.1) is 0 Å². The maximum atomic E-state index is 12.0. The number of carboxylic acids is 1. The van der Waals surface area contributed by atoms with Gasteiger partial charge >= 0.3 is 5.97 Å². The molecule has 0 aromatic carbocycles. The second kappa shape index (κ2) is 9.50. The SMILES string of the molecule is CCCC(CCNC(=O)c1ncccc1Br)CCC(=O)O. The summed E-state index contributed by atoms with van der Waals surface area (Å²) >= 11 is 3.29. The summed E-state index contributed by atoms with van der Waals surface area (Å²) in [5.41, 5.74) is 0.370. The molecular weight excluding hydrogens is 336 g/mol. The number of aliphatic carboxylic acids is 1. The van der Waals surface area contributed by atoms with Gasteiger partial charge in [-0.1, -0.05) is 19.8 Å². The number of rotatable bonds is 9. The highest BCUT2D eigenvalue weighted by Gasteiger charge is 2.13. The average molecular weight is 357 g/mol. The van der Waals surface area contributed by atoms with E-state index in [0.29, 0.717) is 29.1 Å². The average Bonchev–Trinajstić information content (AvgIpc) is 2.45. The fourth-order valence-corrected chi connectivity index (χ4v) is 2.63. The molecule has 1 heterocycles. The summed E-state index contributed by atoms with van der Waals surface area (Å²) in [6.07, 6.45) is 5.21. The van der Waals surface area contributed by atoms with Gasteiger partial charge in [-0.25, -0.2) is 4.98 Å². The van der Waals surface area contributed by atoms with Gasteiger partial charge in [0.25, 0.3) is 5.91 Å². The molecule has 1 rings (SSSR count). The first kappa shape index (κ1) is 17.6. The lowest BCUT2D eigenvalue weighted by atomic mass is 9.94. The van der Waals surface area contributed by atoms with E-state index in [1.807, 2.05) is 0 Å². The predicted molar refractivity (Wildman–Crippen MR) is 84.2 cm³/mol. The summed E-state index contributed by atoms with van der Waals surface area (Å²) in [5.74, 6) is -0.646. The van der Waals surface area contributed by atoms with Gasteiger partial charge in [0.2, 0.25) is 0 Å². The quantitative estimate of drug-likeness (QED) is 0.711. The molecule has 0 aliphatic rings. The van der Waals surface area contributed by atoms with E-state index >= 15 is 0 Å². The molecule has 116 valence electrons. The molecule has 1 aromatic heterocycles. The van der Waals surface area contributed by atoms with Gasteiger partial charge in [-0.05, 0) is 46.8 Å². The predicted octanol–water partition coefficient (Wildman–Crippen LogP) is 3.25. The van der Waals surface area contributed by atoms with E-state index < -0.39 is 5.97 Å². The molecule has 0 radical (unpaired) electrons. The lowest BCUT2D eigenvalue weighted by Gasteiger charge is -2.15. The molecule has 0 bridgehead atoms. The van der Waals surface area contributed by atoms with Crippen molar-refractivity contribution in [1.29, 1.82) is 0 Å². The molecule has 2 N–H and O–H groups in total. The number of pyridine rings is 1. The van der Waals surface area contributed by atoms with Gasteiger partial charge in [0.15, 0.2) is 0 Å². The summed E-state index contributed by atoms with van der Waals surface area (Å²) in [7, 11) is 0. The van der Waals surface area contributed by atoms with Crippen LogP contribution in [0.15, 0.2) is 22.8 Å². The molecule has 1 amide bonds. The first-order valence-corrected chi connectivity index (χ1v) is 7.94. The van der Waals surface area contributed by atoms with Crippen LogP contribution in [-0.4, -0.2) is 28.5 Å². The van der Waals surface area contributed by atoms with Crippen molar-refractivity contribution in [3.63, 3.8) is 0 Å². The molecule has 1 aromatic rings. The Morgan fingerprint density at radius 1 is 1.38 bits per heavy atom. The summed E-state index contributed by atoms with van der Waals surface area (Å²) in [4.78, 5) is 26.6. The summed E-state index contributed by atoms with van der Waals surface area (Å²) in [6.45, 7) is 2.61. The number of carboxylic acid groups (broad SMARTS) is 1. The number of nitrogens with one attached hydrogen (secondary N) is 1. The maximum absolute atomic E-state index is 12.0. The number of amides is 1. The van der Waals surface area contributed by atoms with E-state index in [1.54, 1.807) is 18.3 Å². The smallest absolute Gasteiger partial charge is 0.303 e. The molecule has 21 heavy (non-hydrogen) atoms. The van der Waals surface area contributed by atoms with Crippen molar-refractivity contribution in [3.8, 4) is 0 Å². The molecule has 5 nitrogen and oxygen atoms in total. The zero-order valence-electron chi connectivity index (χ0n) is 12.1. The minimum Gasteiger partial charge on any atom is -0.481 e. The van der Waals surface area contributed by atoms with Crippen LogP contribution in [0, 0.1) is 5.92 Å². The molecule has 0 saturated heterocycles. The molecule has 1 unspecified atom stereocenters. The molecule has 0 aliphatic carbocycles. The third-order valence-corrected chi connectivity index (χ3v) is 3.91. The van der Waals surface area contributed by atoms with Crippen molar-refractivity contribution < 1.29 is 14.7 Å². The fraction of sp³-hybridized carbons (Fsp3) is 0.533. The minimum atomic E-state index is -0.766. The van der Waals surface area contributed by atoms with Gasteiger partial charge in [-0.3, -0.25) is 9.59 Å². The van der Waals surface area contributed by atoms with Crippen molar-refractivity contribution in [2.45, 2.75) is 39.0 Å². The number of aromatic nitrogens is 1. The van der Waals surface area contributed by atoms with E-state index in [4.69, 9.17) is 5.11 Å². The molecule has 6 heteroatoms. The van der Waals surface area contributed by atoms with Crippen LogP contribution in [-0.2, 0) is 4.79 Å². The third-order valence-electron chi connectivity index (χ3n) is 3.28. The Hall–Kier alpha value is -1.43.